The zero-order valence-corrected chi connectivity index (χ0v) is 12.8. The van der Waals surface area contributed by atoms with E-state index in [1.165, 1.54) is 0 Å². The van der Waals surface area contributed by atoms with Gasteiger partial charge in [-0.2, -0.15) is 0 Å². The molecule has 0 amide bonds. The van der Waals surface area contributed by atoms with E-state index in [2.05, 4.69) is 6.58 Å². The van der Waals surface area contributed by atoms with Gasteiger partial charge in [-0.15, -0.1) is 0 Å². The molecule has 0 spiro atoms. The van der Waals surface area contributed by atoms with Crippen LogP contribution in [0.4, 0.5) is 0 Å². The van der Waals surface area contributed by atoms with Crippen molar-refractivity contribution in [2.75, 3.05) is 13.6 Å². The van der Waals surface area contributed by atoms with Crippen LogP contribution in [0, 0.1) is 0 Å². The Morgan fingerprint density at radius 1 is 0.957 bits per heavy atom. The van der Waals surface area contributed by atoms with Gasteiger partial charge in [-0.3, -0.25) is 0 Å². The molecule has 1 N–H and O–H groups in total. The maximum atomic E-state index is 11.2. The zero-order chi connectivity index (χ0) is 16.7. The summed E-state index contributed by atoms with van der Waals surface area (Å²) in [6, 6.07) is 14.8. The molecule has 23 heavy (non-hydrogen) atoms. The summed E-state index contributed by atoms with van der Waals surface area (Å²) in [4.78, 5) is 11.2. The molecule has 0 radical (unpaired) electrons. The minimum atomic E-state index is -0.480. The lowest BCUT2D eigenvalue weighted by atomic mass is 10.1. The summed E-state index contributed by atoms with van der Waals surface area (Å²) in [6.07, 6.45) is 0. The van der Waals surface area contributed by atoms with Gasteiger partial charge >= 0.3 is 5.97 Å². The van der Waals surface area contributed by atoms with E-state index in [9.17, 15) is 4.79 Å². The number of ether oxygens (including phenoxy) is 3. The van der Waals surface area contributed by atoms with Gasteiger partial charge in [0.2, 0.25) is 6.79 Å². The molecule has 2 aromatic rings. The summed E-state index contributed by atoms with van der Waals surface area (Å²) >= 11 is 0. The third-order valence-electron chi connectivity index (χ3n) is 3.04. The van der Waals surface area contributed by atoms with Gasteiger partial charge in [-0.05, 0) is 42.3 Å². The van der Waals surface area contributed by atoms with Crippen molar-refractivity contribution in [2.24, 2.45) is 0 Å². The highest BCUT2D eigenvalue weighted by atomic mass is 16.7. The molecule has 0 aliphatic heterocycles. The third kappa shape index (κ3) is 4.86. The molecule has 0 saturated carbocycles. The van der Waals surface area contributed by atoms with Crippen LogP contribution in [0.25, 0.3) is 11.1 Å². The van der Waals surface area contributed by atoms with Crippen LogP contribution in [0.2, 0.25) is 0 Å². The summed E-state index contributed by atoms with van der Waals surface area (Å²) < 4.78 is 15.2. The zero-order valence-electron chi connectivity index (χ0n) is 12.8. The van der Waals surface area contributed by atoms with Crippen molar-refractivity contribution in [3.8, 4) is 22.6 Å². The van der Waals surface area contributed by atoms with E-state index < -0.39 is 5.97 Å². The number of benzene rings is 2. The molecule has 0 heterocycles. The van der Waals surface area contributed by atoms with Gasteiger partial charge in [0, 0.05) is 5.57 Å². The maximum Gasteiger partial charge on any atom is 0.335 e. The number of rotatable bonds is 7. The molecule has 0 bridgehead atoms. The summed E-state index contributed by atoms with van der Waals surface area (Å²) in [5.74, 6) is 0.728. The molecule has 0 saturated heterocycles. The highest BCUT2D eigenvalue weighted by Gasteiger charge is 2.04. The second-order valence-corrected chi connectivity index (χ2v) is 4.80. The van der Waals surface area contributed by atoms with Crippen LogP contribution < -0.4 is 9.47 Å². The van der Waals surface area contributed by atoms with Crippen molar-refractivity contribution >= 4 is 5.97 Å². The smallest absolute Gasteiger partial charge is 0.335 e. The van der Waals surface area contributed by atoms with Crippen molar-refractivity contribution in [3.63, 3.8) is 0 Å². The fraction of sp³-hybridized carbons (Fsp3) is 0.167. The van der Waals surface area contributed by atoms with Crippen LogP contribution in [0.15, 0.2) is 60.7 Å². The molecule has 0 fully saturated rings. The maximum absolute atomic E-state index is 11.2. The first-order valence-corrected chi connectivity index (χ1v) is 7.00. The highest BCUT2D eigenvalue weighted by Crippen LogP contribution is 2.24. The Balaban J connectivity index is 1.93. The molecule has 2 aromatic carbocycles. The summed E-state index contributed by atoms with van der Waals surface area (Å²) in [6.45, 7) is 4.57. The van der Waals surface area contributed by atoms with Gasteiger partial charge < -0.3 is 19.3 Å². The van der Waals surface area contributed by atoms with E-state index in [4.69, 9.17) is 19.3 Å². The first-order chi connectivity index (χ1) is 11.1. The summed E-state index contributed by atoms with van der Waals surface area (Å²) in [5.41, 5.74) is 2.35. The number of aliphatic hydroxyl groups excluding tert-OH is 1. The molecular formula is C18H18O5. The minimum Gasteiger partial charge on any atom is -0.468 e. The van der Waals surface area contributed by atoms with Gasteiger partial charge in [0.1, 0.15) is 11.5 Å². The number of hydrogen-bond donors (Lipinski definition) is 1. The molecule has 0 aliphatic carbocycles. The minimum absolute atomic E-state index is 0.155. The van der Waals surface area contributed by atoms with Gasteiger partial charge in [-0.25, -0.2) is 4.79 Å². The quantitative estimate of drug-likeness (QED) is 0.483. The van der Waals surface area contributed by atoms with E-state index in [-0.39, 0.29) is 13.6 Å². The lowest BCUT2D eigenvalue weighted by molar-refractivity contribution is -0.145. The van der Waals surface area contributed by atoms with Crippen molar-refractivity contribution in [1.29, 1.82) is 0 Å². The summed E-state index contributed by atoms with van der Waals surface area (Å²) in [5, 5.41) is 8.70. The number of carbonyl (C=O) groups is 1. The Hall–Kier alpha value is -2.79. The van der Waals surface area contributed by atoms with Gasteiger partial charge in [0.05, 0.1) is 0 Å². The average molecular weight is 314 g/mol. The van der Waals surface area contributed by atoms with E-state index >= 15 is 0 Å². The monoisotopic (exact) mass is 314 g/mol. The molecule has 0 atom stereocenters. The third-order valence-corrected chi connectivity index (χ3v) is 3.04. The largest absolute Gasteiger partial charge is 0.468 e. The van der Waals surface area contributed by atoms with Crippen LogP contribution >= 0.6 is 0 Å². The van der Waals surface area contributed by atoms with Crippen molar-refractivity contribution in [1.82, 2.24) is 0 Å². The summed E-state index contributed by atoms with van der Waals surface area (Å²) in [7, 11) is 0. The molecule has 5 heteroatoms. The van der Waals surface area contributed by atoms with Crippen molar-refractivity contribution in [3.05, 3.63) is 60.7 Å². The standard InChI is InChI=1S/C18H18O5/c1-13(2)18(20)23-12-22-17-9-5-15(6-10-17)14-3-7-16(8-4-14)21-11-19/h3-10,19H,1,11-12H2,2H3. The van der Waals surface area contributed by atoms with Crippen LogP contribution in [0.5, 0.6) is 11.5 Å². The van der Waals surface area contributed by atoms with E-state index in [0.29, 0.717) is 17.1 Å². The van der Waals surface area contributed by atoms with Gasteiger partial charge in [-0.1, -0.05) is 30.8 Å². The Bertz CT molecular complexity index is 659. The van der Waals surface area contributed by atoms with Crippen molar-refractivity contribution in [2.45, 2.75) is 6.92 Å². The SMILES string of the molecule is C=C(C)C(=O)OCOc1ccc(-c2ccc(OCO)cc2)cc1. The van der Waals surface area contributed by atoms with Crippen LogP contribution in [0.1, 0.15) is 6.92 Å². The van der Waals surface area contributed by atoms with Gasteiger partial charge in [0.25, 0.3) is 0 Å². The first-order valence-electron chi connectivity index (χ1n) is 7.00. The topological polar surface area (TPSA) is 65.0 Å². The van der Waals surface area contributed by atoms with E-state index in [1.54, 1.807) is 31.2 Å². The predicted octanol–water partition coefficient (Wildman–Crippen LogP) is 3.14. The molecule has 0 aliphatic rings. The predicted molar refractivity (Wildman–Crippen MR) is 86.0 cm³/mol. The Kier molecular flexibility index (Phi) is 5.77. The average Bonchev–Trinajstić information content (AvgIpc) is 2.56. The number of carbonyl (C=O) groups excluding carboxylic acids is 1. The van der Waals surface area contributed by atoms with E-state index in [1.807, 2.05) is 24.3 Å². The molecule has 120 valence electrons. The second kappa shape index (κ2) is 8.00. The van der Waals surface area contributed by atoms with Crippen molar-refractivity contribution < 1.29 is 24.1 Å². The van der Waals surface area contributed by atoms with Gasteiger partial charge in [0.15, 0.2) is 6.79 Å². The number of hydrogen-bond acceptors (Lipinski definition) is 5. The molecule has 0 aromatic heterocycles. The second-order valence-electron chi connectivity index (χ2n) is 4.80. The van der Waals surface area contributed by atoms with E-state index in [0.717, 1.165) is 11.1 Å². The van der Waals surface area contributed by atoms with Crippen LogP contribution in [-0.2, 0) is 9.53 Å². The Morgan fingerprint density at radius 3 is 1.87 bits per heavy atom. The number of aliphatic hydroxyl groups is 1. The van der Waals surface area contributed by atoms with Crippen LogP contribution in [-0.4, -0.2) is 24.7 Å². The van der Waals surface area contributed by atoms with Crippen LogP contribution in [0.3, 0.4) is 0 Å². The highest BCUT2D eigenvalue weighted by molar-refractivity contribution is 5.86. The fourth-order valence-electron chi connectivity index (χ4n) is 1.84. The molecule has 5 nitrogen and oxygen atoms in total. The first kappa shape index (κ1) is 16.6. The molecule has 2 rings (SSSR count). The Morgan fingerprint density at radius 2 is 1.43 bits per heavy atom. The lowest BCUT2D eigenvalue weighted by Gasteiger charge is -2.08. The molecule has 0 unspecified atom stereocenters. The Labute approximate surface area is 134 Å². The normalized spacial score (nSPS) is 10.0. The fourth-order valence-corrected chi connectivity index (χ4v) is 1.84. The lowest BCUT2D eigenvalue weighted by Crippen LogP contribution is -2.10. The molecular weight excluding hydrogens is 296 g/mol. The number of esters is 1.